The van der Waals surface area contributed by atoms with Gasteiger partial charge in [-0.3, -0.25) is 9.48 Å². The molecular formula is C22H17F3N4O4S. The van der Waals surface area contributed by atoms with Crippen molar-refractivity contribution < 1.29 is 33.0 Å². The van der Waals surface area contributed by atoms with Gasteiger partial charge in [0.2, 0.25) is 0 Å². The lowest BCUT2D eigenvalue weighted by molar-refractivity contribution is -0.140. The third-order valence-corrected chi connectivity index (χ3v) is 6.41. The molecule has 1 aromatic heterocycles. The minimum atomic E-state index is -4.64. The number of nitrogens with two attached hydrogens (primary N) is 1. The first-order valence-electron chi connectivity index (χ1n) is 9.76. The number of carboxylic acids is 1. The number of hydrogen-bond acceptors (Lipinski definition) is 6. The van der Waals surface area contributed by atoms with Crippen LogP contribution in [0, 0.1) is 0 Å². The SMILES string of the molecule is CC(N)(C(=O)O)C1=NC(=O)C(=Cc2ccc3c(cnn3Cc3ccc(O)cc3C(F)(F)F)c2)S1. The molecule has 0 spiro atoms. The van der Waals surface area contributed by atoms with Gasteiger partial charge in [0.15, 0.2) is 5.54 Å². The van der Waals surface area contributed by atoms with Crippen LogP contribution in [0.15, 0.2) is 52.5 Å². The molecule has 0 saturated heterocycles. The second-order valence-electron chi connectivity index (χ2n) is 7.80. The molecule has 1 unspecified atom stereocenters. The number of rotatable bonds is 5. The number of aliphatic imine (C=N–C) groups is 1. The van der Waals surface area contributed by atoms with E-state index in [4.69, 9.17) is 5.73 Å². The van der Waals surface area contributed by atoms with Crippen molar-refractivity contribution in [2.75, 3.05) is 0 Å². The number of benzene rings is 2. The van der Waals surface area contributed by atoms with Crippen molar-refractivity contribution in [2.24, 2.45) is 10.7 Å². The summed E-state index contributed by atoms with van der Waals surface area (Å²) in [5.41, 5.74) is 4.10. The van der Waals surface area contributed by atoms with E-state index in [1.807, 2.05) is 0 Å². The van der Waals surface area contributed by atoms with Crippen molar-refractivity contribution in [2.45, 2.75) is 25.2 Å². The Kier molecular flexibility index (Phi) is 5.74. The zero-order chi connectivity index (χ0) is 24.8. The molecule has 1 aliphatic rings. The standard InChI is InChI=1S/C22H17F3N4O4S/c1-21(26,20(32)33)19-28-18(31)17(34-19)7-11-2-5-16-13(6-11)9-27-29(16)10-12-3-4-14(30)8-15(12)22(23,24)25/h2-9,30H,10,26H2,1H3,(H,32,33). The van der Waals surface area contributed by atoms with Crippen molar-refractivity contribution in [3.05, 3.63) is 64.2 Å². The summed E-state index contributed by atoms with van der Waals surface area (Å²) >= 11 is 0.874. The van der Waals surface area contributed by atoms with Gasteiger partial charge in [0.05, 0.1) is 28.7 Å². The fourth-order valence-electron chi connectivity index (χ4n) is 3.32. The van der Waals surface area contributed by atoms with Crippen LogP contribution in [0.5, 0.6) is 5.75 Å². The number of thioether (sulfide) groups is 1. The van der Waals surface area contributed by atoms with E-state index in [-0.39, 0.29) is 22.1 Å². The van der Waals surface area contributed by atoms with E-state index in [2.05, 4.69) is 10.1 Å². The van der Waals surface area contributed by atoms with Crippen LogP contribution >= 0.6 is 11.8 Å². The third-order valence-electron chi connectivity index (χ3n) is 5.19. The molecule has 2 aromatic carbocycles. The van der Waals surface area contributed by atoms with E-state index in [0.29, 0.717) is 22.5 Å². The molecule has 12 heteroatoms. The maximum Gasteiger partial charge on any atom is 0.416 e. The smallest absolute Gasteiger partial charge is 0.416 e. The zero-order valence-corrected chi connectivity index (χ0v) is 18.3. The molecular weight excluding hydrogens is 473 g/mol. The molecule has 3 aromatic rings. The summed E-state index contributed by atoms with van der Waals surface area (Å²) < 4.78 is 41.5. The van der Waals surface area contributed by atoms with Crippen molar-refractivity contribution in [3.8, 4) is 5.75 Å². The number of carboxylic acid groups (broad SMARTS) is 1. The Morgan fingerprint density at radius 1 is 1.24 bits per heavy atom. The van der Waals surface area contributed by atoms with Crippen molar-refractivity contribution >= 4 is 45.7 Å². The van der Waals surface area contributed by atoms with Gasteiger partial charge in [-0.2, -0.15) is 18.3 Å². The summed E-state index contributed by atoms with van der Waals surface area (Å²) in [6.45, 7) is 1.07. The molecule has 4 rings (SSSR count). The number of nitrogens with zero attached hydrogens (tertiary/aromatic N) is 3. The van der Waals surface area contributed by atoms with Crippen LogP contribution in [0.2, 0.25) is 0 Å². The zero-order valence-electron chi connectivity index (χ0n) is 17.5. The largest absolute Gasteiger partial charge is 0.508 e. The molecule has 34 heavy (non-hydrogen) atoms. The maximum absolute atomic E-state index is 13.4. The maximum atomic E-state index is 13.4. The number of fused-ring (bicyclic) bond motifs is 1. The number of hydrogen-bond donors (Lipinski definition) is 3. The Morgan fingerprint density at radius 3 is 2.65 bits per heavy atom. The molecule has 4 N–H and O–H groups in total. The number of carbonyl (C=O) groups is 2. The number of carbonyl (C=O) groups excluding carboxylic acids is 1. The Bertz CT molecular complexity index is 1390. The van der Waals surface area contributed by atoms with Gasteiger partial charge in [-0.15, -0.1) is 0 Å². The van der Waals surface area contributed by atoms with Crippen LogP contribution in [-0.4, -0.2) is 42.5 Å². The van der Waals surface area contributed by atoms with Gasteiger partial charge in [0.25, 0.3) is 5.91 Å². The number of alkyl halides is 3. The minimum Gasteiger partial charge on any atom is -0.508 e. The van der Waals surface area contributed by atoms with E-state index in [0.717, 1.165) is 11.8 Å². The highest BCUT2D eigenvalue weighted by Gasteiger charge is 2.40. The first-order chi connectivity index (χ1) is 15.9. The molecule has 176 valence electrons. The van der Waals surface area contributed by atoms with Gasteiger partial charge < -0.3 is 15.9 Å². The average Bonchev–Trinajstić information content (AvgIpc) is 3.32. The lowest BCUT2D eigenvalue weighted by atomic mass is 10.1. The predicted octanol–water partition coefficient (Wildman–Crippen LogP) is 3.62. The molecule has 0 aliphatic carbocycles. The highest BCUT2D eigenvalue weighted by atomic mass is 32.2. The average molecular weight is 490 g/mol. The van der Waals surface area contributed by atoms with Crippen LogP contribution in [0.25, 0.3) is 17.0 Å². The van der Waals surface area contributed by atoms with Crippen LogP contribution < -0.4 is 5.73 Å². The lowest BCUT2D eigenvalue weighted by Crippen LogP contribution is -2.50. The summed E-state index contributed by atoms with van der Waals surface area (Å²) in [4.78, 5) is 27.5. The Hall–Kier alpha value is -3.64. The van der Waals surface area contributed by atoms with Crippen molar-refractivity contribution in [3.63, 3.8) is 0 Å². The highest BCUT2D eigenvalue weighted by Crippen LogP contribution is 2.35. The van der Waals surface area contributed by atoms with E-state index in [9.17, 15) is 33.0 Å². The fraction of sp³-hybridized carbons (Fsp3) is 0.182. The van der Waals surface area contributed by atoms with Crippen LogP contribution in [-0.2, 0) is 22.3 Å². The number of aromatic nitrogens is 2. The number of aliphatic carboxylic acids is 1. The van der Waals surface area contributed by atoms with E-state index in [1.165, 1.54) is 36.0 Å². The molecule has 1 aliphatic heterocycles. The Balaban J connectivity index is 1.61. The number of aromatic hydroxyl groups is 1. The lowest BCUT2D eigenvalue weighted by Gasteiger charge is -2.17. The molecule has 1 atom stereocenters. The van der Waals surface area contributed by atoms with E-state index in [1.54, 1.807) is 18.2 Å². The van der Waals surface area contributed by atoms with Crippen molar-refractivity contribution in [1.29, 1.82) is 0 Å². The number of phenols is 1. The summed E-state index contributed by atoms with van der Waals surface area (Å²) in [5, 5.41) is 23.5. The monoisotopic (exact) mass is 490 g/mol. The van der Waals surface area contributed by atoms with Gasteiger partial charge in [-0.25, -0.2) is 9.79 Å². The minimum absolute atomic E-state index is 0.0282. The summed E-state index contributed by atoms with van der Waals surface area (Å²) in [5.74, 6) is -2.41. The molecule has 0 radical (unpaired) electrons. The molecule has 1 amide bonds. The molecule has 0 bridgehead atoms. The first kappa shape index (κ1) is 23.5. The second kappa shape index (κ2) is 8.29. The molecule has 8 nitrogen and oxygen atoms in total. The Labute approximate surface area is 194 Å². The van der Waals surface area contributed by atoms with Crippen molar-refractivity contribution in [1.82, 2.24) is 9.78 Å². The summed E-state index contributed by atoms with van der Waals surface area (Å²) in [7, 11) is 0. The van der Waals surface area contributed by atoms with E-state index >= 15 is 0 Å². The quantitative estimate of drug-likeness (QED) is 0.466. The number of amides is 1. The van der Waals surface area contributed by atoms with Gasteiger partial charge >= 0.3 is 12.1 Å². The predicted molar refractivity (Wildman–Crippen MR) is 120 cm³/mol. The Morgan fingerprint density at radius 2 is 1.97 bits per heavy atom. The van der Waals surface area contributed by atoms with Crippen LogP contribution in [0.4, 0.5) is 13.2 Å². The van der Waals surface area contributed by atoms with Gasteiger partial charge in [0.1, 0.15) is 10.8 Å². The topological polar surface area (TPSA) is 131 Å². The van der Waals surface area contributed by atoms with Crippen LogP contribution in [0.3, 0.4) is 0 Å². The van der Waals surface area contributed by atoms with Gasteiger partial charge in [0, 0.05) is 5.39 Å². The first-order valence-corrected chi connectivity index (χ1v) is 10.6. The number of phenolic OH excluding ortho intramolecular Hbond substituents is 1. The number of halogens is 3. The molecule has 2 heterocycles. The molecule has 0 saturated carbocycles. The summed E-state index contributed by atoms with van der Waals surface area (Å²) in [6, 6.07) is 8.06. The third kappa shape index (κ3) is 4.41. The van der Waals surface area contributed by atoms with Gasteiger partial charge in [-0.05, 0) is 48.4 Å². The highest BCUT2D eigenvalue weighted by molar-refractivity contribution is 8.19. The van der Waals surface area contributed by atoms with Crippen LogP contribution in [0.1, 0.15) is 23.6 Å². The van der Waals surface area contributed by atoms with E-state index < -0.39 is 34.9 Å². The normalized spacial score (nSPS) is 17.3. The fourth-order valence-corrected chi connectivity index (χ4v) is 4.29. The molecule has 0 fully saturated rings. The summed E-state index contributed by atoms with van der Waals surface area (Å²) in [6.07, 6.45) is -1.62. The second-order valence-corrected chi connectivity index (χ2v) is 8.83. The van der Waals surface area contributed by atoms with Gasteiger partial charge in [-0.1, -0.05) is 23.9 Å².